The smallest absolute Gasteiger partial charge is 0.245 e. The fraction of sp³-hybridized carbons (Fsp3) is 0.316. The number of benzene rings is 1. The average molecular weight is 371 g/mol. The van der Waals surface area contributed by atoms with Crippen LogP contribution < -0.4 is 0 Å². The quantitative estimate of drug-likeness (QED) is 0.768. The molecular weight excluding hydrogens is 350 g/mol. The van der Waals surface area contributed by atoms with Gasteiger partial charge in [0.25, 0.3) is 0 Å². The van der Waals surface area contributed by atoms with Gasteiger partial charge in [0.2, 0.25) is 10.0 Å². The molecule has 0 spiro atoms. The van der Waals surface area contributed by atoms with Crippen LogP contribution in [0.3, 0.4) is 0 Å². The zero-order valence-electron chi connectivity index (χ0n) is 14.7. The molecule has 7 heteroatoms. The number of pyridine rings is 1. The standard InChI is InChI=1S/C19H21N3O3S/c1-13-6-3-4-7-15(13)17-11-22(14(2)12-25-17)26(23,24)18-10-21-19-16(18)8-5-9-20-19/h3-10,14,17H,11-12H2,1-2H3,(H,20,21). The van der Waals surface area contributed by atoms with Crippen molar-refractivity contribution in [2.24, 2.45) is 0 Å². The fourth-order valence-electron chi connectivity index (χ4n) is 3.48. The van der Waals surface area contributed by atoms with Crippen molar-refractivity contribution < 1.29 is 13.2 Å². The molecule has 1 aromatic carbocycles. The summed E-state index contributed by atoms with van der Waals surface area (Å²) in [7, 11) is -3.67. The number of aromatic amines is 1. The van der Waals surface area contributed by atoms with E-state index in [1.54, 1.807) is 22.6 Å². The van der Waals surface area contributed by atoms with E-state index in [-0.39, 0.29) is 17.0 Å². The number of aromatic nitrogens is 2. The van der Waals surface area contributed by atoms with Crippen LogP contribution in [0.4, 0.5) is 0 Å². The van der Waals surface area contributed by atoms with E-state index in [4.69, 9.17) is 4.74 Å². The van der Waals surface area contributed by atoms with Gasteiger partial charge in [0.05, 0.1) is 12.7 Å². The van der Waals surface area contributed by atoms with E-state index in [0.717, 1.165) is 11.1 Å². The molecule has 1 fully saturated rings. The van der Waals surface area contributed by atoms with E-state index in [1.165, 1.54) is 6.20 Å². The normalized spacial score (nSPS) is 21.9. The Balaban J connectivity index is 1.72. The Kier molecular flexibility index (Phi) is 4.30. The van der Waals surface area contributed by atoms with Gasteiger partial charge in [-0.25, -0.2) is 13.4 Å². The summed E-state index contributed by atoms with van der Waals surface area (Å²) in [6.07, 6.45) is 2.89. The van der Waals surface area contributed by atoms with Crippen LogP contribution in [-0.4, -0.2) is 41.9 Å². The van der Waals surface area contributed by atoms with Gasteiger partial charge in [-0.15, -0.1) is 0 Å². The summed E-state index contributed by atoms with van der Waals surface area (Å²) in [6.45, 7) is 4.54. The molecule has 2 atom stereocenters. The number of ether oxygens (including phenoxy) is 1. The van der Waals surface area contributed by atoms with Gasteiger partial charge in [0.15, 0.2) is 0 Å². The minimum Gasteiger partial charge on any atom is -0.370 e. The van der Waals surface area contributed by atoms with Crippen LogP contribution in [0.25, 0.3) is 11.0 Å². The first-order valence-corrected chi connectivity index (χ1v) is 10.0. The lowest BCUT2D eigenvalue weighted by Crippen LogP contribution is -2.48. The topological polar surface area (TPSA) is 75.3 Å². The van der Waals surface area contributed by atoms with Gasteiger partial charge in [-0.1, -0.05) is 24.3 Å². The first-order chi connectivity index (χ1) is 12.5. The zero-order chi connectivity index (χ0) is 18.3. The molecule has 4 rings (SSSR count). The predicted octanol–water partition coefficient (Wildman–Crippen LogP) is 3.02. The molecule has 1 aliphatic heterocycles. The van der Waals surface area contributed by atoms with E-state index in [2.05, 4.69) is 9.97 Å². The number of nitrogens with zero attached hydrogens (tertiary/aromatic N) is 2. The number of fused-ring (bicyclic) bond motifs is 1. The van der Waals surface area contributed by atoms with Crippen molar-refractivity contribution in [1.82, 2.24) is 14.3 Å². The second-order valence-corrected chi connectivity index (χ2v) is 8.51. The Hall–Kier alpha value is -2.22. The van der Waals surface area contributed by atoms with Crippen LogP contribution >= 0.6 is 0 Å². The van der Waals surface area contributed by atoms with Gasteiger partial charge in [0, 0.05) is 30.4 Å². The Bertz CT molecular complexity index is 1040. The first-order valence-electron chi connectivity index (χ1n) is 8.59. The number of hydrogen-bond acceptors (Lipinski definition) is 4. The lowest BCUT2D eigenvalue weighted by Gasteiger charge is -2.37. The SMILES string of the molecule is Cc1ccccc1C1CN(S(=O)(=O)c2c[nH]c3ncccc23)C(C)CO1. The highest BCUT2D eigenvalue weighted by Gasteiger charge is 2.37. The highest BCUT2D eigenvalue weighted by atomic mass is 32.2. The third-order valence-corrected chi connectivity index (χ3v) is 6.93. The van der Waals surface area contributed by atoms with Crippen molar-refractivity contribution >= 4 is 21.1 Å². The van der Waals surface area contributed by atoms with Gasteiger partial charge >= 0.3 is 0 Å². The average Bonchev–Trinajstić information content (AvgIpc) is 3.07. The molecule has 3 heterocycles. The van der Waals surface area contributed by atoms with E-state index < -0.39 is 10.0 Å². The van der Waals surface area contributed by atoms with Crippen molar-refractivity contribution in [3.05, 3.63) is 59.9 Å². The maximum Gasteiger partial charge on any atom is 0.245 e. The minimum absolute atomic E-state index is 0.234. The summed E-state index contributed by atoms with van der Waals surface area (Å²) in [6, 6.07) is 11.2. The van der Waals surface area contributed by atoms with Crippen molar-refractivity contribution in [2.75, 3.05) is 13.2 Å². The summed E-state index contributed by atoms with van der Waals surface area (Å²) in [5.74, 6) is 0. The Morgan fingerprint density at radius 1 is 1.23 bits per heavy atom. The van der Waals surface area contributed by atoms with Gasteiger partial charge in [-0.3, -0.25) is 0 Å². The molecule has 3 aromatic rings. The molecule has 6 nitrogen and oxygen atoms in total. The van der Waals surface area contributed by atoms with Crippen LogP contribution in [0, 0.1) is 6.92 Å². The summed E-state index contributed by atoms with van der Waals surface area (Å²) in [4.78, 5) is 7.40. The van der Waals surface area contributed by atoms with Gasteiger partial charge in [0.1, 0.15) is 10.5 Å². The molecule has 26 heavy (non-hydrogen) atoms. The number of rotatable bonds is 3. The number of nitrogens with one attached hydrogen (secondary N) is 1. The van der Waals surface area contributed by atoms with Crippen LogP contribution in [-0.2, 0) is 14.8 Å². The molecule has 0 amide bonds. The maximum absolute atomic E-state index is 13.4. The number of sulfonamides is 1. The molecule has 2 unspecified atom stereocenters. The van der Waals surface area contributed by atoms with Crippen molar-refractivity contribution in [1.29, 1.82) is 0 Å². The number of morpholine rings is 1. The second kappa shape index (κ2) is 6.50. The largest absolute Gasteiger partial charge is 0.370 e. The van der Waals surface area contributed by atoms with E-state index in [0.29, 0.717) is 24.2 Å². The number of aryl methyl sites for hydroxylation is 1. The monoisotopic (exact) mass is 371 g/mol. The molecule has 1 saturated heterocycles. The molecule has 0 aliphatic carbocycles. The number of hydrogen-bond donors (Lipinski definition) is 1. The Morgan fingerprint density at radius 2 is 2.04 bits per heavy atom. The van der Waals surface area contributed by atoms with E-state index in [1.807, 2.05) is 38.1 Å². The van der Waals surface area contributed by atoms with Crippen molar-refractivity contribution in [3.63, 3.8) is 0 Å². The molecule has 1 aliphatic rings. The van der Waals surface area contributed by atoms with Crippen molar-refractivity contribution in [2.45, 2.75) is 30.9 Å². The summed E-state index contributed by atoms with van der Waals surface area (Å²) < 4.78 is 34.2. The van der Waals surface area contributed by atoms with E-state index >= 15 is 0 Å². The third-order valence-electron chi connectivity index (χ3n) is 4.91. The van der Waals surface area contributed by atoms with Crippen LogP contribution in [0.1, 0.15) is 24.2 Å². The second-order valence-electron chi connectivity index (χ2n) is 6.65. The highest BCUT2D eigenvalue weighted by molar-refractivity contribution is 7.89. The number of H-pyrrole nitrogens is 1. The van der Waals surface area contributed by atoms with Gasteiger partial charge < -0.3 is 9.72 Å². The molecule has 0 saturated carbocycles. The first kappa shape index (κ1) is 17.2. The van der Waals surface area contributed by atoms with Crippen LogP contribution in [0.2, 0.25) is 0 Å². The minimum atomic E-state index is -3.67. The molecule has 2 aromatic heterocycles. The Labute approximate surface area is 152 Å². The lowest BCUT2D eigenvalue weighted by molar-refractivity contribution is -0.0291. The lowest BCUT2D eigenvalue weighted by atomic mass is 10.0. The molecule has 0 radical (unpaired) electrons. The van der Waals surface area contributed by atoms with Gasteiger partial charge in [-0.05, 0) is 37.1 Å². The zero-order valence-corrected chi connectivity index (χ0v) is 15.5. The van der Waals surface area contributed by atoms with E-state index in [9.17, 15) is 8.42 Å². The summed E-state index contributed by atoms with van der Waals surface area (Å²) >= 11 is 0. The maximum atomic E-state index is 13.4. The predicted molar refractivity (Wildman–Crippen MR) is 99.3 cm³/mol. The third kappa shape index (κ3) is 2.82. The molecule has 0 bridgehead atoms. The Morgan fingerprint density at radius 3 is 2.85 bits per heavy atom. The molecular formula is C19H21N3O3S. The highest BCUT2D eigenvalue weighted by Crippen LogP contribution is 2.32. The molecule has 136 valence electrons. The summed E-state index contributed by atoms with van der Waals surface area (Å²) in [5, 5.41) is 0.610. The van der Waals surface area contributed by atoms with Crippen LogP contribution in [0.5, 0.6) is 0 Å². The summed E-state index contributed by atoms with van der Waals surface area (Å²) in [5.41, 5.74) is 2.70. The van der Waals surface area contributed by atoms with Crippen molar-refractivity contribution in [3.8, 4) is 0 Å². The molecule has 1 N–H and O–H groups in total. The van der Waals surface area contributed by atoms with Crippen LogP contribution in [0.15, 0.2) is 53.7 Å². The fourth-order valence-corrected chi connectivity index (χ4v) is 5.25. The van der Waals surface area contributed by atoms with Gasteiger partial charge in [-0.2, -0.15) is 4.31 Å².